The van der Waals surface area contributed by atoms with Gasteiger partial charge in [-0.25, -0.2) is 4.90 Å². The third-order valence-corrected chi connectivity index (χ3v) is 6.36. The minimum atomic E-state index is -0.473. The SMILES string of the molecule is O=C1C(Nc2ccccc2)=C(Sc2ccc(Cl)cc2)C(=O)N1c1ccc(Cl)c(Cl)c1. The molecule has 4 nitrogen and oxygen atoms in total. The Labute approximate surface area is 192 Å². The summed E-state index contributed by atoms with van der Waals surface area (Å²) in [5, 5.41) is 4.27. The first-order valence-electron chi connectivity index (χ1n) is 8.77. The van der Waals surface area contributed by atoms with E-state index in [-0.39, 0.29) is 15.6 Å². The molecule has 0 bridgehead atoms. The van der Waals surface area contributed by atoms with Gasteiger partial charge in [-0.3, -0.25) is 9.59 Å². The monoisotopic (exact) mass is 474 g/mol. The Kier molecular flexibility index (Phi) is 6.06. The van der Waals surface area contributed by atoms with Crippen molar-refractivity contribution in [3.8, 4) is 0 Å². The van der Waals surface area contributed by atoms with E-state index in [1.165, 1.54) is 17.8 Å². The standard InChI is InChI=1S/C22H13Cl3N2O2S/c23-13-6-9-16(10-7-13)30-20-19(26-14-4-2-1-3-5-14)21(28)27(22(20)29)15-8-11-17(24)18(25)12-15/h1-12,26H. The number of halogens is 3. The number of para-hydroxylation sites is 1. The Bertz CT molecular complexity index is 1160. The summed E-state index contributed by atoms with van der Waals surface area (Å²) in [4.78, 5) is 28.7. The van der Waals surface area contributed by atoms with Crippen LogP contribution in [0.2, 0.25) is 15.1 Å². The smallest absolute Gasteiger partial charge is 0.283 e. The van der Waals surface area contributed by atoms with Gasteiger partial charge in [0.25, 0.3) is 11.8 Å². The zero-order valence-electron chi connectivity index (χ0n) is 15.2. The van der Waals surface area contributed by atoms with Gasteiger partial charge in [-0.2, -0.15) is 0 Å². The molecule has 2 amide bonds. The van der Waals surface area contributed by atoms with Crippen molar-refractivity contribution in [2.75, 3.05) is 10.2 Å². The second-order valence-corrected chi connectivity index (χ2v) is 8.63. The molecule has 1 aliphatic heterocycles. The summed E-state index contributed by atoms with van der Waals surface area (Å²) in [6, 6.07) is 20.9. The molecule has 0 fully saturated rings. The fourth-order valence-electron chi connectivity index (χ4n) is 2.86. The summed E-state index contributed by atoms with van der Waals surface area (Å²) in [7, 11) is 0. The van der Waals surface area contributed by atoms with Gasteiger partial charge in [0.1, 0.15) is 10.6 Å². The molecule has 0 atom stereocenters. The van der Waals surface area contributed by atoms with Crippen molar-refractivity contribution in [1.82, 2.24) is 0 Å². The second-order valence-electron chi connectivity index (χ2n) is 6.30. The number of carbonyl (C=O) groups is 2. The lowest BCUT2D eigenvalue weighted by atomic mass is 10.3. The van der Waals surface area contributed by atoms with E-state index in [0.717, 1.165) is 9.80 Å². The van der Waals surface area contributed by atoms with Gasteiger partial charge in [0.15, 0.2) is 0 Å². The van der Waals surface area contributed by atoms with Crippen molar-refractivity contribution in [2.45, 2.75) is 4.90 Å². The van der Waals surface area contributed by atoms with E-state index in [9.17, 15) is 9.59 Å². The Balaban J connectivity index is 1.75. The molecule has 1 N–H and O–H groups in total. The van der Waals surface area contributed by atoms with Crippen LogP contribution in [-0.4, -0.2) is 11.8 Å². The Morgan fingerprint density at radius 3 is 2.13 bits per heavy atom. The molecule has 0 radical (unpaired) electrons. The molecule has 150 valence electrons. The Morgan fingerprint density at radius 2 is 1.47 bits per heavy atom. The molecule has 0 spiro atoms. The largest absolute Gasteiger partial charge is 0.350 e. The van der Waals surface area contributed by atoms with Crippen LogP contribution in [0.4, 0.5) is 11.4 Å². The highest BCUT2D eigenvalue weighted by atomic mass is 35.5. The maximum Gasteiger partial charge on any atom is 0.283 e. The van der Waals surface area contributed by atoms with Gasteiger partial charge in [-0.15, -0.1) is 0 Å². The van der Waals surface area contributed by atoms with Crippen LogP contribution in [0.15, 0.2) is 88.3 Å². The first-order chi connectivity index (χ1) is 14.4. The molecule has 4 rings (SSSR count). The average molecular weight is 476 g/mol. The van der Waals surface area contributed by atoms with Crippen LogP contribution in [-0.2, 0) is 9.59 Å². The average Bonchev–Trinajstić information content (AvgIpc) is 2.96. The molecule has 0 aliphatic carbocycles. The number of anilines is 2. The van der Waals surface area contributed by atoms with Gasteiger partial charge in [0.2, 0.25) is 0 Å². The summed E-state index contributed by atoms with van der Waals surface area (Å²) in [5.41, 5.74) is 1.23. The lowest BCUT2D eigenvalue weighted by molar-refractivity contribution is -0.120. The van der Waals surface area contributed by atoms with Crippen LogP contribution >= 0.6 is 46.6 Å². The molecular formula is C22H13Cl3N2O2S. The van der Waals surface area contributed by atoms with Crippen LogP contribution in [0.25, 0.3) is 0 Å². The fourth-order valence-corrected chi connectivity index (χ4v) is 4.20. The quantitative estimate of drug-likeness (QED) is 0.420. The number of rotatable bonds is 5. The van der Waals surface area contributed by atoms with Gasteiger partial charge in [0.05, 0.1) is 15.7 Å². The maximum absolute atomic E-state index is 13.3. The van der Waals surface area contributed by atoms with E-state index in [1.807, 2.05) is 30.3 Å². The molecule has 30 heavy (non-hydrogen) atoms. The topological polar surface area (TPSA) is 49.4 Å². The highest BCUT2D eigenvalue weighted by Crippen LogP contribution is 2.39. The van der Waals surface area contributed by atoms with Gasteiger partial charge in [0, 0.05) is 15.6 Å². The van der Waals surface area contributed by atoms with Gasteiger partial charge in [-0.1, -0.05) is 64.8 Å². The second kappa shape index (κ2) is 8.74. The molecule has 3 aromatic carbocycles. The van der Waals surface area contributed by atoms with E-state index in [2.05, 4.69) is 5.32 Å². The maximum atomic E-state index is 13.3. The van der Waals surface area contributed by atoms with Crippen LogP contribution in [0.5, 0.6) is 0 Å². The van der Waals surface area contributed by atoms with Crippen LogP contribution in [0, 0.1) is 0 Å². The summed E-state index contributed by atoms with van der Waals surface area (Å²) >= 11 is 19.2. The van der Waals surface area contributed by atoms with Crippen molar-refractivity contribution < 1.29 is 9.59 Å². The molecule has 1 heterocycles. The molecule has 0 saturated carbocycles. The van der Waals surface area contributed by atoms with Crippen molar-refractivity contribution in [2.24, 2.45) is 0 Å². The number of thioether (sulfide) groups is 1. The predicted molar refractivity (Wildman–Crippen MR) is 123 cm³/mol. The van der Waals surface area contributed by atoms with Crippen LogP contribution in [0.1, 0.15) is 0 Å². The van der Waals surface area contributed by atoms with Crippen molar-refractivity contribution in [3.05, 3.63) is 98.5 Å². The lowest BCUT2D eigenvalue weighted by Crippen LogP contribution is -2.32. The zero-order chi connectivity index (χ0) is 21.3. The van der Waals surface area contributed by atoms with Crippen molar-refractivity contribution in [3.63, 3.8) is 0 Å². The molecule has 0 aromatic heterocycles. The summed E-state index contributed by atoms with van der Waals surface area (Å²) in [5.74, 6) is -0.921. The minimum Gasteiger partial charge on any atom is -0.350 e. The van der Waals surface area contributed by atoms with Crippen LogP contribution in [0.3, 0.4) is 0 Å². The van der Waals surface area contributed by atoms with E-state index in [0.29, 0.717) is 21.4 Å². The number of imide groups is 1. The first-order valence-corrected chi connectivity index (χ1v) is 10.7. The molecule has 3 aromatic rings. The highest BCUT2D eigenvalue weighted by molar-refractivity contribution is 8.04. The summed E-state index contributed by atoms with van der Waals surface area (Å²) < 4.78 is 0. The molecule has 0 unspecified atom stereocenters. The number of hydrogen-bond acceptors (Lipinski definition) is 4. The molecule has 1 aliphatic rings. The zero-order valence-corrected chi connectivity index (χ0v) is 18.3. The third-order valence-electron chi connectivity index (χ3n) is 4.28. The van der Waals surface area contributed by atoms with E-state index in [4.69, 9.17) is 34.8 Å². The highest BCUT2D eigenvalue weighted by Gasteiger charge is 2.40. The number of benzene rings is 3. The summed E-state index contributed by atoms with van der Waals surface area (Å²) in [6.45, 7) is 0. The molecule has 0 saturated heterocycles. The Hall–Kier alpha value is -2.44. The van der Waals surface area contributed by atoms with Crippen LogP contribution < -0.4 is 10.2 Å². The summed E-state index contributed by atoms with van der Waals surface area (Å²) in [6.07, 6.45) is 0. The Morgan fingerprint density at radius 1 is 0.767 bits per heavy atom. The molecular weight excluding hydrogens is 463 g/mol. The van der Waals surface area contributed by atoms with Gasteiger partial charge >= 0.3 is 0 Å². The first kappa shape index (κ1) is 20.8. The van der Waals surface area contributed by atoms with Crippen molar-refractivity contribution in [1.29, 1.82) is 0 Å². The number of amides is 2. The minimum absolute atomic E-state index is 0.192. The fraction of sp³-hybridized carbons (Fsp3) is 0. The van der Waals surface area contributed by atoms with E-state index >= 15 is 0 Å². The van der Waals surface area contributed by atoms with Crippen molar-refractivity contribution >= 4 is 69.8 Å². The van der Waals surface area contributed by atoms with E-state index < -0.39 is 11.8 Å². The van der Waals surface area contributed by atoms with Gasteiger partial charge < -0.3 is 5.32 Å². The molecule has 8 heteroatoms. The lowest BCUT2D eigenvalue weighted by Gasteiger charge is -2.16. The number of nitrogens with one attached hydrogen (secondary N) is 1. The third kappa shape index (κ3) is 4.20. The normalized spacial score (nSPS) is 13.9. The van der Waals surface area contributed by atoms with Gasteiger partial charge in [-0.05, 0) is 54.6 Å². The number of hydrogen-bond donors (Lipinski definition) is 1. The number of nitrogens with zero attached hydrogens (tertiary/aromatic N) is 1. The predicted octanol–water partition coefficient (Wildman–Crippen LogP) is 6.64. The van der Waals surface area contributed by atoms with E-state index in [1.54, 1.807) is 36.4 Å². The number of carbonyl (C=O) groups excluding carboxylic acids is 2.